The van der Waals surface area contributed by atoms with E-state index in [2.05, 4.69) is 17.2 Å². The lowest BCUT2D eigenvalue weighted by Gasteiger charge is -2.16. The number of hydrogen-bond donors (Lipinski definition) is 2. The third-order valence-corrected chi connectivity index (χ3v) is 3.54. The van der Waals surface area contributed by atoms with Gasteiger partial charge in [0, 0.05) is 13.1 Å². The highest BCUT2D eigenvalue weighted by Crippen LogP contribution is 2.32. The Morgan fingerprint density at radius 2 is 2.16 bits per heavy atom. The Hall–Kier alpha value is -1.99. The second kappa shape index (κ2) is 9.48. The number of ether oxygens (including phenoxy) is 1. The number of carbonyl (C=O) groups is 1. The molecule has 8 heteroatoms. The molecule has 138 valence electrons. The van der Waals surface area contributed by atoms with Gasteiger partial charge in [0.1, 0.15) is 12.4 Å². The van der Waals surface area contributed by atoms with Gasteiger partial charge in [-0.1, -0.05) is 24.3 Å². The first-order chi connectivity index (χ1) is 11.4. The Morgan fingerprint density at radius 3 is 2.76 bits per heavy atom. The average Bonchev–Trinajstić information content (AvgIpc) is 2.57. The molecule has 2 rings (SSSR count). The maximum atomic E-state index is 12.9. The van der Waals surface area contributed by atoms with E-state index in [-0.39, 0.29) is 30.3 Å². The van der Waals surface area contributed by atoms with E-state index < -0.39 is 17.6 Å². The summed E-state index contributed by atoms with van der Waals surface area (Å²) in [6.07, 6.45) is -0.309. The fraction of sp³-hybridized carbons (Fsp3) is 0.353. The van der Waals surface area contributed by atoms with Gasteiger partial charge >= 0.3 is 6.18 Å². The summed E-state index contributed by atoms with van der Waals surface area (Å²) in [6.45, 7) is 5.43. The number of amides is 1. The maximum Gasteiger partial charge on any atom is 0.416 e. The molecule has 0 saturated carbocycles. The van der Waals surface area contributed by atoms with Crippen molar-refractivity contribution in [3.63, 3.8) is 0 Å². The Morgan fingerprint density at radius 1 is 1.40 bits per heavy atom. The zero-order chi connectivity index (χ0) is 17.6. The van der Waals surface area contributed by atoms with Gasteiger partial charge in [-0.2, -0.15) is 13.2 Å². The van der Waals surface area contributed by atoms with Crippen LogP contribution in [0.25, 0.3) is 0 Å². The minimum absolute atomic E-state index is 0. The molecule has 0 fully saturated rings. The first kappa shape index (κ1) is 21.1. The molecule has 2 N–H and O–H groups in total. The third-order valence-electron chi connectivity index (χ3n) is 3.54. The van der Waals surface area contributed by atoms with E-state index in [1.165, 1.54) is 6.08 Å². The predicted octanol–water partition coefficient (Wildman–Crippen LogP) is 3.34. The summed E-state index contributed by atoms with van der Waals surface area (Å²) in [6, 6.07) is 2.86. The normalized spacial score (nSPS) is 14.1. The highest BCUT2D eigenvalue weighted by molar-refractivity contribution is 5.97. The molecule has 0 atom stereocenters. The number of benzene rings is 1. The van der Waals surface area contributed by atoms with Gasteiger partial charge in [-0.25, -0.2) is 0 Å². The first-order valence-corrected chi connectivity index (χ1v) is 7.53. The van der Waals surface area contributed by atoms with E-state index >= 15 is 0 Å². The van der Waals surface area contributed by atoms with Crippen molar-refractivity contribution in [1.29, 1.82) is 0 Å². The van der Waals surface area contributed by atoms with Crippen molar-refractivity contribution in [3.8, 4) is 5.75 Å². The Labute approximate surface area is 150 Å². The van der Waals surface area contributed by atoms with Crippen molar-refractivity contribution < 1.29 is 22.7 Å². The van der Waals surface area contributed by atoms with Crippen LogP contribution in [0.5, 0.6) is 5.75 Å². The zero-order valence-corrected chi connectivity index (χ0v) is 14.3. The molecule has 0 aromatic heterocycles. The van der Waals surface area contributed by atoms with Crippen LogP contribution < -0.4 is 15.4 Å². The fourth-order valence-electron chi connectivity index (χ4n) is 2.28. The van der Waals surface area contributed by atoms with Crippen LogP contribution >= 0.6 is 12.4 Å². The van der Waals surface area contributed by atoms with Crippen molar-refractivity contribution in [2.75, 3.05) is 26.2 Å². The molecule has 0 saturated heterocycles. The van der Waals surface area contributed by atoms with E-state index in [0.29, 0.717) is 6.54 Å². The number of hydrogen-bond acceptors (Lipinski definition) is 3. The van der Waals surface area contributed by atoms with Gasteiger partial charge < -0.3 is 15.4 Å². The lowest BCUT2D eigenvalue weighted by Crippen LogP contribution is -2.30. The maximum absolute atomic E-state index is 12.9. The van der Waals surface area contributed by atoms with Crippen LogP contribution in [0.2, 0.25) is 0 Å². The molecule has 1 aromatic rings. The standard InChI is InChI=1S/C17H19F3N2O2.ClH/c1-2-9-24-15-4-3-13(17(18,19)20)10-14(15)16(23)22-11-12-5-7-21-8-6-12;/h2-5,10,21H,1,6-9,11H2,(H,22,23);1H. The second-order valence-electron chi connectivity index (χ2n) is 5.31. The molecular formula is C17H20ClF3N2O2. The summed E-state index contributed by atoms with van der Waals surface area (Å²) in [5, 5.41) is 5.80. The molecule has 1 aliphatic heterocycles. The van der Waals surface area contributed by atoms with Crippen LogP contribution in [0.15, 0.2) is 42.5 Å². The zero-order valence-electron chi connectivity index (χ0n) is 13.5. The summed E-state index contributed by atoms with van der Waals surface area (Å²) >= 11 is 0. The molecule has 0 unspecified atom stereocenters. The van der Waals surface area contributed by atoms with E-state index in [0.717, 1.165) is 43.3 Å². The number of halogens is 4. The van der Waals surface area contributed by atoms with Gasteiger partial charge in [-0.15, -0.1) is 12.4 Å². The lowest BCUT2D eigenvalue weighted by atomic mass is 10.1. The van der Waals surface area contributed by atoms with Crippen molar-refractivity contribution in [2.24, 2.45) is 0 Å². The number of carbonyl (C=O) groups excluding carboxylic acids is 1. The first-order valence-electron chi connectivity index (χ1n) is 7.53. The Balaban J connectivity index is 0.00000312. The molecule has 0 radical (unpaired) electrons. The van der Waals surface area contributed by atoms with Crippen molar-refractivity contribution in [3.05, 3.63) is 53.6 Å². The summed E-state index contributed by atoms with van der Waals surface area (Å²) in [7, 11) is 0. The SMILES string of the molecule is C=CCOc1ccc(C(F)(F)F)cc1C(=O)NCC1=CCNCC1.Cl. The fourth-order valence-corrected chi connectivity index (χ4v) is 2.28. The summed E-state index contributed by atoms with van der Waals surface area (Å²) in [5.41, 5.74) is 0.0172. The largest absolute Gasteiger partial charge is 0.489 e. The molecule has 0 aliphatic carbocycles. The second-order valence-corrected chi connectivity index (χ2v) is 5.31. The van der Waals surface area contributed by atoms with E-state index in [1.807, 2.05) is 6.08 Å². The van der Waals surface area contributed by atoms with Crippen LogP contribution in [0, 0.1) is 0 Å². The van der Waals surface area contributed by atoms with Crippen LogP contribution in [0.4, 0.5) is 13.2 Å². The molecule has 4 nitrogen and oxygen atoms in total. The van der Waals surface area contributed by atoms with Gasteiger partial charge in [0.15, 0.2) is 0 Å². The molecule has 1 amide bonds. The minimum Gasteiger partial charge on any atom is -0.489 e. The van der Waals surface area contributed by atoms with Crippen molar-refractivity contribution in [1.82, 2.24) is 10.6 Å². The van der Waals surface area contributed by atoms with Gasteiger partial charge in [-0.05, 0) is 31.2 Å². The van der Waals surface area contributed by atoms with Crippen LogP contribution in [0.1, 0.15) is 22.3 Å². The molecule has 1 aromatic carbocycles. The minimum atomic E-state index is -4.52. The summed E-state index contributed by atoms with van der Waals surface area (Å²) in [4.78, 5) is 12.3. The average molecular weight is 377 g/mol. The van der Waals surface area contributed by atoms with Gasteiger partial charge in [0.05, 0.1) is 11.1 Å². The van der Waals surface area contributed by atoms with Crippen molar-refractivity contribution in [2.45, 2.75) is 12.6 Å². The van der Waals surface area contributed by atoms with Gasteiger partial charge in [0.25, 0.3) is 5.91 Å². The van der Waals surface area contributed by atoms with Crippen molar-refractivity contribution >= 4 is 18.3 Å². The predicted molar refractivity (Wildman–Crippen MR) is 92.3 cm³/mol. The highest BCUT2D eigenvalue weighted by atomic mass is 35.5. The van der Waals surface area contributed by atoms with E-state index in [4.69, 9.17) is 4.74 Å². The van der Waals surface area contributed by atoms with Gasteiger partial charge in [-0.3, -0.25) is 4.79 Å². The Kier molecular flexibility index (Phi) is 7.99. The molecule has 25 heavy (non-hydrogen) atoms. The quantitative estimate of drug-likeness (QED) is 0.749. The highest BCUT2D eigenvalue weighted by Gasteiger charge is 2.32. The molecular weight excluding hydrogens is 357 g/mol. The number of nitrogens with one attached hydrogen (secondary N) is 2. The van der Waals surface area contributed by atoms with E-state index in [9.17, 15) is 18.0 Å². The summed E-state index contributed by atoms with van der Waals surface area (Å²) < 4.78 is 44.0. The Bertz CT molecular complexity index is 645. The summed E-state index contributed by atoms with van der Waals surface area (Å²) in [5.74, 6) is -0.501. The van der Waals surface area contributed by atoms with Gasteiger partial charge in [0.2, 0.25) is 0 Å². The van der Waals surface area contributed by atoms with Crippen LogP contribution in [-0.4, -0.2) is 32.1 Å². The smallest absolute Gasteiger partial charge is 0.416 e. The number of rotatable bonds is 6. The van der Waals surface area contributed by atoms with Crippen LogP contribution in [0.3, 0.4) is 0 Å². The molecule has 1 aliphatic rings. The monoisotopic (exact) mass is 376 g/mol. The van der Waals surface area contributed by atoms with E-state index in [1.54, 1.807) is 0 Å². The van der Waals surface area contributed by atoms with Crippen LogP contribution in [-0.2, 0) is 6.18 Å². The number of alkyl halides is 3. The third kappa shape index (κ3) is 6.10. The molecule has 1 heterocycles. The lowest BCUT2D eigenvalue weighted by molar-refractivity contribution is -0.137. The molecule has 0 bridgehead atoms. The molecule has 0 spiro atoms. The topological polar surface area (TPSA) is 50.4 Å².